The standard InChI is InChI=1S/C16H15ClO/c1-3-14(12-5-4-6-13(17)10-12)15-9-11(2)7-8-16(15)18/h3-10,14,18H,1H2,2H3. The Balaban J connectivity index is 2.51. The van der Waals surface area contributed by atoms with Crippen LogP contribution in [0.2, 0.25) is 5.02 Å². The lowest BCUT2D eigenvalue weighted by atomic mass is 9.90. The minimum Gasteiger partial charge on any atom is -0.508 e. The van der Waals surface area contributed by atoms with Crippen molar-refractivity contribution < 1.29 is 5.11 Å². The second-order valence-corrected chi connectivity index (χ2v) is 4.77. The van der Waals surface area contributed by atoms with Crippen molar-refractivity contribution in [1.29, 1.82) is 0 Å². The highest BCUT2D eigenvalue weighted by molar-refractivity contribution is 6.30. The summed E-state index contributed by atoms with van der Waals surface area (Å²) >= 11 is 6.01. The van der Waals surface area contributed by atoms with Crippen molar-refractivity contribution in [3.05, 3.63) is 76.8 Å². The third-order valence-electron chi connectivity index (χ3n) is 2.96. The first kappa shape index (κ1) is 12.7. The molecule has 0 fully saturated rings. The molecule has 0 amide bonds. The number of halogens is 1. The summed E-state index contributed by atoms with van der Waals surface area (Å²) in [4.78, 5) is 0. The summed E-state index contributed by atoms with van der Waals surface area (Å²) in [5.74, 6) is 0.231. The summed E-state index contributed by atoms with van der Waals surface area (Å²) in [6, 6.07) is 13.2. The van der Waals surface area contributed by atoms with Crippen molar-refractivity contribution in [2.45, 2.75) is 12.8 Å². The molecule has 92 valence electrons. The van der Waals surface area contributed by atoms with Crippen LogP contribution in [-0.4, -0.2) is 5.11 Å². The van der Waals surface area contributed by atoms with E-state index in [4.69, 9.17) is 11.6 Å². The van der Waals surface area contributed by atoms with Gasteiger partial charge in [-0.25, -0.2) is 0 Å². The van der Waals surface area contributed by atoms with Gasteiger partial charge in [0, 0.05) is 16.5 Å². The van der Waals surface area contributed by atoms with Crippen LogP contribution in [0.5, 0.6) is 5.75 Å². The molecule has 0 bridgehead atoms. The summed E-state index contributed by atoms with van der Waals surface area (Å²) in [6.07, 6.45) is 1.82. The van der Waals surface area contributed by atoms with Crippen molar-refractivity contribution in [2.75, 3.05) is 0 Å². The van der Waals surface area contributed by atoms with Crippen LogP contribution in [0.1, 0.15) is 22.6 Å². The summed E-state index contributed by atoms with van der Waals surface area (Å²) in [7, 11) is 0. The van der Waals surface area contributed by atoms with Crippen molar-refractivity contribution in [1.82, 2.24) is 0 Å². The maximum absolute atomic E-state index is 9.99. The van der Waals surface area contributed by atoms with E-state index in [1.807, 2.05) is 49.4 Å². The van der Waals surface area contributed by atoms with Crippen molar-refractivity contribution >= 4 is 11.6 Å². The van der Waals surface area contributed by atoms with Gasteiger partial charge in [-0.3, -0.25) is 0 Å². The Kier molecular flexibility index (Phi) is 3.73. The molecule has 1 atom stereocenters. The molecule has 18 heavy (non-hydrogen) atoms. The zero-order chi connectivity index (χ0) is 13.1. The lowest BCUT2D eigenvalue weighted by Gasteiger charge is -2.16. The Morgan fingerprint density at radius 3 is 2.67 bits per heavy atom. The van der Waals surface area contributed by atoms with Gasteiger partial charge in [-0.05, 0) is 30.7 Å². The zero-order valence-corrected chi connectivity index (χ0v) is 11.0. The molecule has 1 nitrogen and oxygen atoms in total. The first-order chi connectivity index (χ1) is 8.61. The Morgan fingerprint density at radius 1 is 1.22 bits per heavy atom. The Hall–Kier alpha value is -1.73. The van der Waals surface area contributed by atoms with Gasteiger partial charge in [-0.2, -0.15) is 0 Å². The molecule has 0 aliphatic carbocycles. The highest BCUT2D eigenvalue weighted by atomic mass is 35.5. The molecule has 0 aliphatic heterocycles. The van der Waals surface area contributed by atoms with E-state index < -0.39 is 0 Å². The van der Waals surface area contributed by atoms with Crippen molar-refractivity contribution in [3.8, 4) is 5.75 Å². The van der Waals surface area contributed by atoms with Gasteiger partial charge in [0.15, 0.2) is 0 Å². The summed E-state index contributed by atoms with van der Waals surface area (Å²) < 4.78 is 0. The third-order valence-corrected chi connectivity index (χ3v) is 3.20. The molecule has 0 spiro atoms. The fourth-order valence-electron chi connectivity index (χ4n) is 2.07. The lowest BCUT2D eigenvalue weighted by Crippen LogP contribution is -1.98. The largest absolute Gasteiger partial charge is 0.508 e. The van der Waals surface area contributed by atoms with Crippen LogP contribution in [0.3, 0.4) is 0 Å². The molecule has 0 saturated heterocycles. The van der Waals surface area contributed by atoms with Crippen molar-refractivity contribution in [3.63, 3.8) is 0 Å². The molecule has 0 radical (unpaired) electrons. The molecular weight excluding hydrogens is 244 g/mol. The third kappa shape index (κ3) is 2.57. The van der Waals surface area contributed by atoms with Crippen LogP contribution in [0.25, 0.3) is 0 Å². The molecule has 0 saturated carbocycles. The number of rotatable bonds is 3. The van der Waals surface area contributed by atoms with E-state index in [0.29, 0.717) is 5.02 Å². The topological polar surface area (TPSA) is 20.2 Å². The minimum atomic E-state index is -0.0522. The number of phenols is 1. The summed E-state index contributed by atoms with van der Waals surface area (Å²) in [5.41, 5.74) is 2.99. The van der Waals surface area contributed by atoms with Crippen LogP contribution < -0.4 is 0 Å². The SMILES string of the molecule is C=CC(c1cccc(Cl)c1)c1cc(C)ccc1O. The highest BCUT2D eigenvalue weighted by Gasteiger charge is 2.14. The monoisotopic (exact) mass is 258 g/mol. The Bertz CT molecular complexity index is 575. The Labute approximate surface area is 112 Å². The molecule has 1 unspecified atom stereocenters. The fraction of sp³-hybridized carbons (Fsp3) is 0.125. The number of aromatic hydroxyl groups is 1. The van der Waals surface area contributed by atoms with Gasteiger partial charge in [0.25, 0.3) is 0 Å². The van der Waals surface area contributed by atoms with E-state index >= 15 is 0 Å². The fourth-order valence-corrected chi connectivity index (χ4v) is 2.26. The number of hydrogen-bond acceptors (Lipinski definition) is 1. The molecule has 2 aromatic rings. The lowest BCUT2D eigenvalue weighted by molar-refractivity contribution is 0.467. The molecule has 0 aliphatic rings. The van der Waals surface area contributed by atoms with Crippen LogP contribution in [0.4, 0.5) is 0 Å². The molecule has 0 heterocycles. The van der Waals surface area contributed by atoms with Gasteiger partial charge in [-0.15, -0.1) is 6.58 Å². The minimum absolute atomic E-state index is 0.0522. The van der Waals surface area contributed by atoms with E-state index in [1.54, 1.807) is 6.07 Å². The van der Waals surface area contributed by atoms with Gasteiger partial charge in [0.2, 0.25) is 0 Å². The average Bonchev–Trinajstić information content (AvgIpc) is 2.35. The smallest absolute Gasteiger partial charge is 0.119 e. The summed E-state index contributed by atoms with van der Waals surface area (Å²) in [6.45, 7) is 5.86. The number of phenolic OH excluding ortho intramolecular Hbond substituents is 1. The maximum atomic E-state index is 9.99. The normalized spacial score (nSPS) is 12.1. The van der Waals surface area contributed by atoms with Gasteiger partial charge < -0.3 is 5.11 Å². The van der Waals surface area contributed by atoms with Crippen LogP contribution in [0, 0.1) is 6.92 Å². The van der Waals surface area contributed by atoms with Gasteiger partial charge in [0.1, 0.15) is 5.75 Å². The second-order valence-electron chi connectivity index (χ2n) is 4.33. The first-order valence-corrected chi connectivity index (χ1v) is 6.17. The molecule has 2 aromatic carbocycles. The van der Waals surface area contributed by atoms with E-state index in [2.05, 4.69) is 6.58 Å². The summed E-state index contributed by atoms with van der Waals surface area (Å²) in [5, 5.41) is 10.7. The van der Waals surface area contributed by atoms with E-state index in [0.717, 1.165) is 16.7 Å². The maximum Gasteiger partial charge on any atom is 0.119 e. The van der Waals surface area contributed by atoms with E-state index in [-0.39, 0.29) is 11.7 Å². The molecule has 2 rings (SSSR count). The molecule has 2 heteroatoms. The second kappa shape index (κ2) is 5.28. The van der Waals surface area contributed by atoms with E-state index in [1.165, 1.54) is 0 Å². The van der Waals surface area contributed by atoms with Crippen LogP contribution in [0.15, 0.2) is 55.1 Å². The average molecular weight is 259 g/mol. The zero-order valence-electron chi connectivity index (χ0n) is 10.2. The predicted octanol–water partition coefficient (Wildman–Crippen LogP) is 4.67. The number of allylic oxidation sites excluding steroid dienone is 1. The molecule has 1 N–H and O–H groups in total. The molecule has 0 aromatic heterocycles. The van der Waals surface area contributed by atoms with Gasteiger partial charge >= 0.3 is 0 Å². The number of benzene rings is 2. The predicted molar refractivity (Wildman–Crippen MR) is 76.3 cm³/mol. The highest BCUT2D eigenvalue weighted by Crippen LogP contribution is 2.33. The molecular formula is C16H15ClO. The Morgan fingerprint density at radius 2 is 2.00 bits per heavy atom. The van der Waals surface area contributed by atoms with Crippen LogP contribution >= 0.6 is 11.6 Å². The van der Waals surface area contributed by atoms with Gasteiger partial charge in [0.05, 0.1) is 0 Å². The van der Waals surface area contributed by atoms with Gasteiger partial charge in [-0.1, -0.05) is 47.5 Å². The first-order valence-electron chi connectivity index (χ1n) is 5.79. The number of hydrogen-bond donors (Lipinski definition) is 1. The quantitative estimate of drug-likeness (QED) is 0.793. The van der Waals surface area contributed by atoms with Crippen molar-refractivity contribution in [2.24, 2.45) is 0 Å². The number of aryl methyl sites for hydroxylation is 1. The van der Waals surface area contributed by atoms with Crippen LogP contribution in [-0.2, 0) is 0 Å². The van der Waals surface area contributed by atoms with E-state index in [9.17, 15) is 5.11 Å².